The highest BCUT2D eigenvalue weighted by Crippen LogP contribution is 2.24. The van der Waals surface area contributed by atoms with E-state index in [1.165, 1.54) is 0 Å². The second-order valence-electron chi connectivity index (χ2n) is 3.84. The minimum absolute atomic E-state index is 0.181. The summed E-state index contributed by atoms with van der Waals surface area (Å²) in [7, 11) is 1.77. The Labute approximate surface area is 119 Å². The molecule has 0 saturated heterocycles. The third kappa shape index (κ3) is 2.65. The molecular weight excluding hydrogens is 312 g/mol. The molecule has 0 aliphatic carbocycles. The average Bonchev–Trinajstić information content (AvgIpc) is 2.70. The minimum atomic E-state index is 0.181. The Morgan fingerprint density at radius 1 is 1.21 bits per heavy atom. The highest BCUT2D eigenvalue weighted by atomic mass is 79.9. The lowest BCUT2D eigenvalue weighted by Gasteiger charge is -2.18. The molecule has 0 fully saturated rings. The fourth-order valence-corrected chi connectivity index (χ4v) is 2.21. The summed E-state index contributed by atoms with van der Waals surface area (Å²) in [6.45, 7) is 5.66. The van der Waals surface area contributed by atoms with E-state index in [0.717, 1.165) is 13.1 Å². The molecule has 0 aliphatic rings. The summed E-state index contributed by atoms with van der Waals surface area (Å²) < 4.78 is 2.16. The van der Waals surface area contributed by atoms with Gasteiger partial charge in [0.05, 0.1) is 0 Å². The standard InChI is InChI=1S/C10H15BrN8/c1-4-19(5-2)10-14-8(13-9(12)15-10)6-7(11)16-17-18(6)3/h4-5H2,1-3H3,(H2,12,13,14,15). The van der Waals surface area contributed by atoms with E-state index in [1.807, 2.05) is 18.7 Å². The Morgan fingerprint density at radius 2 is 1.89 bits per heavy atom. The molecule has 0 aliphatic heterocycles. The topological polar surface area (TPSA) is 98.6 Å². The van der Waals surface area contributed by atoms with Crippen LogP contribution in [0.3, 0.4) is 0 Å². The molecule has 9 heteroatoms. The van der Waals surface area contributed by atoms with Crippen molar-refractivity contribution < 1.29 is 0 Å². The van der Waals surface area contributed by atoms with Crippen LogP contribution in [0.5, 0.6) is 0 Å². The lowest BCUT2D eigenvalue weighted by Crippen LogP contribution is -2.25. The molecule has 2 aromatic heterocycles. The molecule has 0 bridgehead atoms. The predicted octanol–water partition coefficient (Wildman–Crippen LogP) is 0.858. The van der Waals surface area contributed by atoms with Gasteiger partial charge in [-0.05, 0) is 29.8 Å². The summed E-state index contributed by atoms with van der Waals surface area (Å²) in [4.78, 5) is 14.7. The molecule has 2 N–H and O–H groups in total. The van der Waals surface area contributed by atoms with Gasteiger partial charge in [-0.3, -0.25) is 0 Å². The number of nitrogen functional groups attached to an aromatic ring is 1. The Bertz CT molecular complexity index is 557. The first kappa shape index (κ1) is 13.7. The van der Waals surface area contributed by atoms with Crippen LogP contribution in [-0.2, 0) is 7.05 Å². The van der Waals surface area contributed by atoms with E-state index < -0.39 is 0 Å². The van der Waals surface area contributed by atoms with Crippen LogP contribution in [0.15, 0.2) is 4.60 Å². The molecule has 0 amide bonds. The smallest absolute Gasteiger partial charge is 0.230 e. The van der Waals surface area contributed by atoms with E-state index >= 15 is 0 Å². The number of hydrogen-bond acceptors (Lipinski definition) is 7. The Kier molecular flexibility index (Phi) is 3.93. The van der Waals surface area contributed by atoms with Crippen LogP contribution in [0.4, 0.5) is 11.9 Å². The van der Waals surface area contributed by atoms with Crippen molar-refractivity contribution in [2.45, 2.75) is 13.8 Å². The maximum Gasteiger partial charge on any atom is 0.230 e. The van der Waals surface area contributed by atoms with E-state index in [0.29, 0.717) is 22.1 Å². The van der Waals surface area contributed by atoms with Gasteiger partial charge in [0.1, 0.15) is 5.69 Å². The van der Waals surface area contributed by atoms with Crippen molar-refractivity contribution in [3.63, 3.8) is 0 Å². The van der Waals surface area contributed by atoms with Gasteiger partial charge in [-0.15, -0.1) is 5.10 Å². The number of nitrogens with two attached hydrogens (primary N) is 1. The molecule has 0 radical (unpaired) electrons. The molecule has 2 heterocycles. The maximum absolute atomic E-state index is 5.76. The van der Waals surface area contributed by atoms with Crippen LogP contribution >= 0.6 is 15.9 Å². The lowest BCUT2D eigenvalue weighted by atomic mass is 10.4. The summed E-state index contributed by atoms with van der Waals surface area (Å²) in [5.41, 5.74) is 6.43. The summed E-state index contributed by atoms with van der Waals surface area (Å²) in [5, 5.41) is 7.81. The molecule has 0 saturated carbocycles. The summed E-state index contributed by atoms with van der Waals surface area (Å²) in [6.07, 6.45) is 0. The number of nitrogens with zero attached hydrogens (tertiary/aromatic N) is 7. The molecule has 102 valence electrons. The molecule has 19 heavy (non-hydrogen) atoms. The van der Waals surface area contributed by atoms with Crippen molar-refractivity contribution in [3.05, 3.63) is 4.60 Å². The first-order valence-corrected chi connectivity index (χ1v) is 6.68. The summed E-state index contributed by atoms with van der Waals surface area (Å²) in [6, 6.07) is 0. The molecule has 0 atom stereocenters. The van der Waals surface area contributed by atoms with Gasteiger partial charge in [0.15, 0.2) is 10.4 Å². The predicted molar refractivity (Wildman–Crippen MR) is 75.5 cm³/mol. The van der Waals surface area contributed by atoms with Crippen molar-refractivity contribution in [1.82, 2.24) is 29.9 Å². The zero-order valence-corrected chi connectivity index (χ0v) is 12.6. The van der Waals surface area contributed by atoms with Crippen molar-refractivity contribution >= 4 is 27.8 Å². The number of hydrogen-bond donors (Lipinski definition) is 1. The number of halogens is 1. The second-order valence-corrected chi connectivity index (χ2v) is 4.59. The van der Waals surface area contributed by atoms with Crippen LogP contribution in [0, 0.1) is 0 Å². The normalized spacial score (nSPS) is 10.7. The molecule has 0 spiro atoms. The maximum atomic E-state index is 5.76. The lowest BCUT2D eigenvalue weighted by molar-refractivity contribution is 0.715. The molecule has 0 unspecified atom stereocenters. The largest absolute Gasteiger partial charge is 0.368 e. The zero-order valence-electron chi connectivity index (χ0n) is 11.0. The SMILES string of the molecule is CCN(CC)c1nc(N)nc(-c2c(Br)nnn2C)n1. The third-order valence-corrected chi connectivity index (χ3v) is 3.22. The molecule has 2 aromatic rings. The quantitative estimate of drug-likeness (QED) is 0.889. The van der Waals surface area contributed by atoms with Crippen LogP contribution < -0.4 is 10.6 Å². The van der Waals surface area contributed by atoms with E-state index in [-0.39, 0.29) is 5.95 Å². The van der Waals surface area contributed by atoms with Gasteiger partial charge in [0.2, 0.25) is 11.9 Å². The van der Waals surface area contributed by atoms with Crippen LogP contribution in [0.25, 0.3) is 11.5 Å². The van der Waals surface area contributed by atoms with Gasteiger partial charge in [0.25, 0.3) is 0 Å². The molecule has 8 nitrogen and oxygen atoms in total. The fourth-order valence-electron chi connectivity index (χ4n) is 1.70. The summed E-state index contributed by atoms with van der Waals surface area (Å²) in [5.74, 6) is 1.19. The monoisotopic (exact) mass is 326 g/mol. The van der Waals surface area contributed by atoms with E-state index in [9.17, 15) is 0 Å². The van der Waals surface area contributed by atoms with E-state index in [4.69, 9.17) is 5.73 Å². The zero-order chi connectivity index (χ0) is 14.0. The fraction of sp³-hybridized carbons (Fsp3) is 0.500. The van der Waals surface area contributed by atoms with Crippen LogP contribution in [0.1, 0.15) is 13.8 Å². The number of rotatable bonds is 4. The van der Waals surface area contributed by atoms with Gasteiger partial charge in [-0.25, -0.2) is 4.68 Å². The molecular formula is C10H15BrN8. The molecule has 0 aromatic carbocycles. The van der Waals surface area contributed by atoms with Crippen LogP contribution in [0.2, 0.25) is 0 Å². The summed E-state index contributed by atoms with van der Waals surface area (Å²) >= 11 is 3.32. The number of aromatic nitrogens is 6. The van der Waals surface area contributed by atoms with E-state index in [2.05, 4.69) is 41.2 Å². The van der Waals surface area contributed by atoms with Gasteiger partial charge in [-0.2, -0.15) is 15.0 Å². The number of aryl methyl sites for hydroxylation is 1. The molecule has 2 rings (SSSR count). The van der Waals surface area contributed by atoms with Crippen molar-refractivity contribution in [3.8, 4) is 11.5 Å². The minimum Gasteiger partial charge on any atom is -0.368 e. The third-order valence-electron chi connectivity index (χ3n) is 2.68. The van der Waals surface area contributed by atoms with Gasteiger partial charge >= 0.3 is 0 Å². The average molecular weight is 327 g/mol. The highest BCUT2D eigenvalue weighted by molar-refractivity contribution is 9.10. The van der Waals surface area contributed by atoms with Gasteiger partial charge in [-0.1, -0.05) is 5.21 Å². The highest BCUT2D eigenvalue weighted by Gasteiger charge is 2.17. The first-order valence-electron chi connectivity index (χ1n) is 5.88. The van der Waals surface area contributed by atoms with Crippen molar-refractivity contribution in [1.29, 1.82) is 0 Å². The number of anilines is 2. The van der Waals surface area contributed by atoms with Gasteiger partial charge < -0.3 is 10.6 Å². The van der Waals surface area contributed by atoms with Crippen molar-refractivity contribution in [2.24, 2.45) is 7.05 Å². The van der Waals surface area contributed by atoms with Gasteiger partial charge in [0, 0.05) is 20.1 Å². The Balaban J connectivity index is 2.53. The first-order chi connectivity index (χ1) is 9.06. The Hall–Kier alpha value is -1.77. The van der Waals surface area contributed by atoms with Crippen molar-refractivity contribution in [2.75, 3.05) is 23.7 Å². The van der Waals surface area contributed by atoms with E-state index in [1.54, 1.807) is 11.7 Å². The second kappa shape index (κ2) is 5.47. The van der Waals surface area contributed by atoms with Crippen LogP contribution in [-0.4, -0.2) is 43.0 Å². The Morgan fingerprint density at radius 3 is 2.42 bits per heavy atom.